The molecule has 0 aromatic heterocycles. The van der Waals surface area contributed by atoms with Gasteiger partial charge in [0.25, 0.3) is 0 Å². The topological polar surface area (TPSA) is 0 Å². The molecule has 0 amide bonds. The first-order chi connectivity index (χ1) is 1.91. The summed E-state index contributed by atoms with van der Waals surface area (Å²) < 4.78 is 0. The van der Waals surface area contributed by atoms with Crippen LogP contribution in [0.4, 0.5) is 0 Å². The van der Waals surface area contributed by atoms with Crippen LogP contribution in [-0.4, -0.2) is 12.3 Å². The number of hydrogen-bond acceptors (Lipinski definition) is 0. The van der Waals surface area contributed by atoms with E-state index in [0.29, 0.717) is 0 Å². The minimum atomic E-state index is 0. The van der Waals surface area contributed by atoms with E-state index >= 15 is 0 Å². The zero-order valence-electron chi connectivity index (χ0n) is 3.90. The van der Waals surface area contributed by atoms with E-state index in [9.17, 15) is 0 Å². The fraction of sp³-hybridized carbons (Fsp3) is 0.667. The average molecular weight is 212 g/mol. The Morgan fingerprint density at radius 2 is 1.17 bits per heavy atom. The molecule has 43 valence electrons. The van der Waals surface area contributed by atoms with Gasteiger partial charge in [-0.1, -0.05) is 0 Å². The molecule has 0 rings (SSSR count). The molecule has 0 spiro atoms. The zero-order chi connectivity index (χ0) is 3.41. The van der Waals surface area contributed by atoms with E-state index in [1.807, 2.05) is 0 Å². The summed E-state index contributed by atoms with van der Waals surface area (Å²) in [6, 6.07) is 0. The largest absolute Gasteiger partial charge is 0.358 e. The fourth-order valence-corrected chi connectivity index (χ4v) is 0. The number of rotatable bonds is 1. The van der Waals surface area contributed by atoms with Crippen LogP contribution >= 0.6 is 18.5 Å². The van der Waals surface area contributed by atoms with Gasteiger partial charge in [0, 0.05) is 19.5 Å². The van der Waals surface area contributed by atoms with Crippen molar-refractivity contribution in [1.29, 1.82) is 0 Å². The standard InChI is InChI=1S/C2H8P2.CH3.Rh/c3-1-2-4;;/h1-4H2;1H3;/q;-1;. The Labute approximate surface area is 58.0 Å². The Balaban J connectivity index is -0.0000000450. The van der Waals surface area contributed by atoms with Gasteiger partial charge in [-0.25, -0.2) is 0 Å². The quantitative estimate of drug-likeness (QED) is 0.348. The van der Waals surface area contributed by atoms with E-state index in [1.54, 1.807) is 0 Å². The molecule has 0 aromatic rings. The van der Waals surface area contributed by atoms with Crippen LogP contribution < -0.4 is 0 Å². The Kier molecular flexibility index (Phi) is 41.9. The van der Waals surface area contributed by atoms with Crippen LogP contribution in [0.5, 0.6) is 0 Å². The summed E-state index contributed by atoms with van der Waals surface area (Å²) in [5.41, 5.74) is 0. The molecular formula is C3H11P2Rh-. The second-order valence-electron chi connectivity index (χ2n) is 0.577. The fourth-order valence-electron chi connectivity index (χ4n) is 0. The first kappa shape index (κ1) is 15.6. The summed E-state index contributed by atoms with van der Waals surface area (Å²) in [6.07, 6.45) is 2.40. The van der Waals surface area contributed by atoms with Crippen molar-refractivity contribution in [2.45, 2.75) is 0 Å². The van der Waals surface area contributed by atoms with Crippen LogP contribution in [0.15, 0.2) is 0 Å². The molecule has 0 heterocycles. The third-order valence-electron chi connectivity index (χ3n) is 0.167. The molecular weight excluding hydrogens is 201 g/mol. The third kappa shape index (κ3) is 17.9. The number of hydrogen-bond donors (Lipinski definition) is 0. The molecule has 6 heavy (non-hydrogen) atoms. The van der Waals surface area contributed by atoms with Gasteiger partial charge < -0.3 is 7.43 Å². The summed E-state index contributed by atoms with van der Waals surface area (Å²) >= 11 is 0. The van der Waals surface area contributed by atoms with Crippen molar-refractivity contribution in [3.63, 3.8) is 0 Å². The van der Waals surface area contributed by atoms with Crippen LogP contribution in [0.1, 0.15) is 0 Å². The predicted molar refractivity (Wildman–Crippen MR) is 35.6 cm³/mol. The van der Waals surface area contributed by atoms with Crippen LogP contribution in [0, 0.1) is 7.43 Å². The van der Waals surface area contributed by atoms with Crippen LogP contribution in [0.2, 0.25) is 0 Å². The van der Waals surface area contributed by atoms with E-state index in [0.717, 1.165) is 0 Å². The van der Waals surface area contributed by atoms with Crippen molar-refractivity contribution < 1.29 is 19.5 Å². The van der Waals surface area contributed by atoms with Gasteiger partial charge in [-0.2, -0.15) is 0 Å². The van der Waals surface area contributed by atoms with Crippen molar-refractivity contribution in [2.24, 2.45) is 0 Å². The predicted octanol–water partition coefficient (Wildman–Crippen LogP) is 1.18. The van der Waals surface area contributed by atoms with Gasteiger partial charge >= 0.3 is 0 Å². The molecule has 2 unspecified atom stereocenters. The summed E-state index contributed by atoms with van der Waals surface area (Å²) in [5.74, 6) is 0. The van der Waals surface area contributed by atoms with Crippen LogP contribution in [0.3, 0.4) is 0 Å². The molecule has 1 radical (unpaired) electrons. The summed E-state index contributed by atoms with van der Waals surface area (Å²) in [6.45, 7) is 0. The second kappa shape index (κ2) is 16.1. The molecule has 0 saturated carbocycles. The molecule has 0 fully saturated rings. The summed E-state index contributed by atoms with van der Waals surface area (Å²) in [5, 5.41) is 0. The van der Waals surface area contributed by atoms with E-state index in [2.05, 4.69) is 18.5 Å². The van der Waals surface area contributed by atoms with Crippen molar-refractivity contribution >= 4 is 18.5 Å². The van der Waals surface area contributed by atoms with Gasteiger partial charge in [0.2, 0.25) is 0 Å². The van der Waals surface area contributed by atoms with E-state index < -0.39 is 0 Å². The van der Waals surface area contributed by atoms with E-state index in [4.69, 9.17) is 0 Å². The van der Waals surface area contributed by atoms with Gasteiger partial charge in [-0.05, 0) is 12.3 Å². The Hall–Kier alpha value is 1.48. The maximum Gasteiger partial charge on any atom is 0 e. The molecule has 0 nitrogen and oxygen atoms in total. The Morgan fingerprint density at radius 1 is 1.00 bits per heavy atom. The van der Waals surface area contributed by atoms with Crippen molar-refractivity contribution in [2.75, 3.05) is 12.3 Å². The molecule has 0 bridgehead atoms. The van der Waals surface area contributed by atoms with E-state index in [-0.39, 0.29) is 26.9 Å². The van der Waals surface area contributed by atoms with E-state index in [1.165, 1.54) is 12.3 Å². The molecule has 0 aliphatic rings. The summed E-state index contributed by atoms with van der Waals surface area (Å²) in [4.78, 5) is 0. The van der Waals surface area contributed by atoms with Crippen molar-refractivity contribution in [3.8, 4) is 0 Å². The SMILES string of the molecule is PCCP.[CH3-].[Rh]. The maximum atomic E-state index is 2.63. The minimum absolute atomic E-state index is 0. The van der Waals surface area contributed by atoms with Gasteiger partial charge in [0.1, 0.15) is 0 Å². The molecule has 0 N–H and O–H groups in total. The average Bonchev–Trinajstić information content (AvgIpc) is 1.37. The Morgan fingerprint density at radius 3 is 1.17 bits per heavy atom. The summed E-state index contributed by atoms with van der Waals surface area (Å²) in [7, 11) is 5.27. The Bertz CT molecular complexity index is 10.8. The first-order valence-corrected chi connectivity index (χ1v) is 2.95. The molecule has 0 aliphatic heterocycles. The second-order valence-corrected chi connectivity index (χ2v) is 1.73. The van der Waals surface area contributed by atoms with Crippen molar-refractivity contribution in [3.05, 3.63) is 7.43 Å². The zero-order valence-corrected chi connectivity index (χ0v) is 7.85. The molecule has 0 saturated heterocycles. The van der Waals surface area contributed by atoms with Crippen LogP contribution in [-0.2, 0) is 19.5 Å². The van der Waals surface area contributed by atoms with Gasteiger partial charge in [0.15, 0.2) is 0 Å². The molecule has 2 atom stereocenters. The smallest absolute Gasteiger partial charge is 0 e. The van der Waals surface area contributed by atoms with Gasteiger partial charge in [-0.15, -0.1) is 18.5 Å². The third-order valence-corrected chi connectivity index (χ3v) is 1.50. The van der Waals surface area contributed by atoms with Crippen molar-refractivity contribution in [1.82, 2.24) is 0 Å². The van der Waals surface area contributed by atoms with Gasteiger partial charge in [0.05, 0.1) is 0 Å². The minimum Gasteiger partial charge on any atom is -0.358 e. The monoisotopic (exact) mass is 212 g/mol. The first-order valence-electron chi connectivity index (χ1n) is 1.32. The molecule has 3 heteroatoms. The van der Waals surface area contributed by atoms with Gasteiger partial charge in [-0.3, -0.25) is 0 Å². The normalized spacial score (nSPS) is 5.00. The maximum absolute atomic E-state index is 2.63. The van der Waals surface area contributed by atoms with Crippen LogP contribution in [0.25, 0.3) is 0 Å². The molecule has 0 aromatic carbocycles. The molecule has 0 aliphatic carbocycles.